The lowest BCUT2D eigenvalue weighted by Crippen LogP contribution is -2.00. The molecule has 0 amide bonds. The summed E-state index contributed by atoms with van der Waals surface area (Å²) in [6, 6.07) is 0. The summed E-state index contributed by atoms with van der Waals surface area (Å²) in [5.74, 6) is 0. The van der Waals surface area contributed by atoms with E-state index in [0.717, 1.165) is 33.2 Å². The van der Waals surface area contributed by atoms with Crippen LogP contribution >= 0.6 is 0 Å². The van der Waals surface area contributed by atoms with Crippen molar-refractivity contribution in [1.82, 2.24) is 0 Å². The quantitative estimate of drug-likeness (QED) is 0.375. The van der Waals surface area contributed by atoms with Crippen LogP contribution in [0.4, 0.5) is 4.79 Å². The van der Waals surface area contributed by atoms with E-state index in [-0.39, 0.29) is 45.7 Å². The monoisotopic (exact) mass is 212 g/mol. The van der Waals surface area contributed by atoms with Crippen molar-refractivity contribution in [3.05, 3.63) is 0 Å². The first-order chi connectivity index (χ1) is 2.81. The molecule has 0 saturated carbocycles. The maximum absolute atomic E-state index is 9.75. The molecule has 0 heterocycles. The molecule has 0 bridgehead atoms. The Bertz CT molecular complexity index is 51.6. The van der Waals surface area contributed by atoms with E-state index in [4.69, 9.17) is 0 Å². The first-order valence-electron chi connectivity index (χ1n) is 1.19. The van der Waals surface area contributed by atoms with E-state index in [0.29, 0.717) is 0 Å². The Labute approximate surface area is 96.8 Å². The molecule has 0 aromatic carbocycles. The van der Waals surface area contributed by atoms with Gasteiger partial charge in [0.15, 0.2) is 34.7 Å². The third-order valence-electron chi connectivity index (χ3n) is 0.236. The molecule has 0 aromatic rings. The minimum atomic E-state index is -0.633. The van der Waals surface area contributed by atoms with Crippen molar-refractivity contribution in [1.29, 1.82) is 0 Å². The largest absolute Gasteiger partial charge is 0.596 e. The fraction of sp³-hybridized carbons (Fsp3) is 0. The van der Waals surface area contributed by atoms with Gasteiger partial charge in [-0.3, -0.25) is 0 Å². The molecule has 0 unspecified atom stereocenters. The van der Waals surface area contributed by atoms with Crippen LogP contribution in [0, 0.1) is 0 Å². The van der Waals surface area contributed by atoms with E-state index in [2.05, 4.69) is 7.58 Å². The Morgan fingerprint density at radius 1 is 1.00 bits per heavy atom. The van der Waals surface area contributed by atoms with Gasteiger partial charge in [-0.1, -0.05) is 0 Å². The van der Waals surface area contributed by atoms with Crippen molar-refractivity contribution in [2.75, 3.05) is 0 Å². The number of rotatable bonds is 0. The van der Waals surface area contributed by atoms with Crippen molar-refractivity contribution >= 4 is 74.1 Å². The molecule has 0 spiro atoms. The summed E-state index contributed by atoms with van der Waals surface area (Å²) in [7, 11) is 0. The maximum Gasteiger partial charge on any atom is 0.501 e. The zero-order chi connectivity index (χ0) is 4.99. The summed E-state index contributed by atoms with van der Waals surface area (Å²) >= 11 is 2.18. The standard InChI is InChI=1S/CH2O3.4Al.2H2O.8H/c2-1(3)4;;;;;;;;;;;;;;/h(H2,2,3,4);;;;;2*1H2;;;;;;;;/q;;;2*+1;;;;;;;;;;/p-2. The summed E-state index contributed by atoms with van der Waals surface area (Å²) in [6.45, 7) is 0. The Hall–Kier alpha value is 1.32. The lowest BCUT2D eigenvalue weighted by molar-refractivity contribution is 0.160. The van der Waals surface area contributed by atoms with Crippen molar-refractivity contribution < 1.29 is 23.3 Å². The van der Waals surface area contributed by atoms with Crippen molar-refractivity contribution in [3.8, 4) is 0 Å². The van der Waals surface area contributed by atoms with Crippen molar-refractivity contribution in [2.24, 2.45) is 0 Å². The van der Waals surface area contributed by atoms with Crippen LogP contribution in [0.1, 0.15) is 0 Å². The van der Waals surface area contributed by atoms with E-state index in [9.17, 15) is 4.79 Å². The van der Waals surface area contributed by atoms with E-state index in [1.165, 1.54) is 0 Å². The molecule has 4 N–H and O–H groups in total. The molecule has 0 atom stereocenters. The minimum absolute atomic E-state index is 0. The predicted octanol–water partition coefficient (Wildman–Crippen LogP) is -5.25. The van der Waals surface area contributed by atoms with Crippen molar-refractivity contribution in [3.63, 3.8) is 0 Å². The summed E-state index contributed by atoms with van der Waals surface area (Å²) in [5, 5.41) is 0. The maximum atomic E-state index is 9.75. The van der Waals surface area contributed by atoms with Crippen LogP contribution in [0.25, 0.3) is 0 Å². The lowest BCUT2D eigenvalue weighted by Gasteiger charge is -1.95. The smallest absolute Gasteiger partial charge is 0.501 e. The molecular weight excluding hydrogens is 200 g/mol. The van der Waals surface area contributed by atoms with E-state index in [1.807, 2.05) is 0 Å². The topological polar surface area (TPSA) is 98.5 Å². The molecule has 0 aliphatic rings. The molecular formula is CH12Al4O5. The highest BCUT2D eigenvalue weighted by Gasteiger charge is 1.85. The lowest BCUT2D eigenvalue weighted by atomic mass is 11.5. The van der Waals surface area contributed by atoms with E-state index in [1.54, 1.807) is 0 Å². The number of carbonyl (C=O) groups excluding carboxylic acids is 1. The molecule has 5 nitrogen and oxygen atoms in total. The van der Waals surface area contributed by atoms with Crippen LogP contribution in [0.15, 0.2) is 0 Å². The summed E-state index contributed by atoms with van der Waals surface area (Å²) in [4.78, 5) is 9.75. The highest BCUT2D eigenvalue weighted by Crippen LogP contribution is 1.70. The second-order valence-electron chi connectivity index (χ2n) is 0.539. The molecule has 0 aliphatic carbocycles. The third kappa shape index (κ3) is 22.8. The molecule has 9 heteroatoms. The Morgan fingerprint density at radius 3 is 1.20 bits per heavy atom. The summed E-state index contributed by atoms with van der Waals surface area (Å²) < 4.78 is 8.15. The van der Waals surface area contributed by atoms with Gasteiger partial charge in [-0.05, 0) is 0 Å². The van der Waals surface area contributed by atoms with Gasteiger partial charge in [-0.25, -0.2) is 4.79 Å². The fourth-order valence-electron chi connectivity index (χ4n) is 0.0417. The Morgan fingerprint density at radius 2 is 1.20 bits per heavy atom. The number of hydrogen-bond acceptors (Lipinski definition) is 3. The normalized spacial score (nSPS) is 4.00. The molecule has 0 fully saturated rings. The van der Waals surface area contributed by atoms with Gasteiger partial charge in [0.2, 0.25) is 0 Å². The molecule has 0 aliphatic heterocycles. The first-order valence-corrected chi connectivity index (χ1v) is 2.34. The molecule has 2 radical (unpaired) electrons. The van der Waals surface area contributed by atoms with Gasteiger partial charge < -0.3 is 18.5 Å². The highest BCUT2D eigenvalue weighted by atomic mass is 27.1. The molecule has 58 valence electrons. The Balaban J connectivity index is -0.0000000208. The minimum Gasteiger partial charge on any atom is -0.596 e. The van der Waals surface area contributed by atoms with Crippen LogP contribution in [-0.4, -0.2) is 85.1 Å². The second kappa shape index (κ2) is 22.4. The zero-order valence-electron chi connectivity index (χ0n) is 4.14. The molecule has 0 aromatic heterocycles. The third-order valence-corrected chi connectivity index (χ3v) is 0.707. The fourth-order valence-corrected chi connectivity index (χ4v) is 0.375. The highest BCUT2D eigenvalue weighted by molar-refractivity contribution is 6.09. The van der Waals surface area contributed by atoms with E-state index < -0.39 is 6.16 Å². The molecule has 0 rings (SSSR count). The van der Waals surface area contributed by atoms with Crippen LogP contribution in [0.3, 0.4) is 0 Å². The van der Waals surface area contributed by atoms with Gasteiger partial charge in [-0.15, -0.1) is 0 Å². The average molecular weight is 212 g/mol. The van der Waals surface area contributed by atoms with Crippen LogP contribution in [0.2, 0.25) is 0 Å². The summed E-state index contributed by atoms with van der Waals surface area (Å²) in [6.07, 6.45) is -0.633. The van der Waals surface area contributed by atoms with Crippen LogP contribution < -0.4 is 0 Å². The average Bonchev–Trinajstić information content (AvgIpc) is 1.65. The van der Waals surface area contributed by atoms with E-state index >= 15 is 0 Å². The Kier molecular flexibility index (Phi) is 67.7. The first kappa shape index (κ1) is 30.2. The van der Waals surface area contributed by atoms with Gasteiger partial charge in [0.1, 0.15) is 0 Å². The number of hydrogen-bond donors (Lipinski definition) is 0. The molecule has 10 heavy (non-hydrogen) atoms. The van der Waals surface area contributed by atoms with Crippen LogP contribution in [-0.2, 0) is 7.58 Å². The SMILES string of the molecule is O.O.O=C([O][AlH])[O][AlH].[AlH3].[AlH3]. The molecule has 0 saturated heterocycles. The number of carbonyl (C=O) groups is 1. The van der Waals surface area contributed by atoms with Gasteiger partial charge in [0, 0.05) is 0 Å². The van der Waals surface area contributed by atoms with Gasteiger partial charge in [0.05, 0.1) is 0 Å². The second-order valence-corrected chi connectivity index (χ2v) is 1.12. The van der Waals surface area contributed by atoms with Gasteiger partial charge >= 0.3 is 39.4 Å². The van der Waals surface area contributed by atoms with Gasteiger partial charge in [0.25, 0.3) is 0 Å². The zero-order valence-corrected chi connectivity index (χ0v) is 6.97. The van der Waals surface area contributed by atoms with Crippen molar-refractivity contribution in [2.45, 2.75) is 0 Å². The van der Waals surface area contributed by atoms with Crippen LogP contribution in [0.5, 0.6) is 0 Å². The summed E-state index contributed by atoms with van der Waals surface area (Å²) in [5.41, 5.74) is 0. The predicted molar refractivity (Wildman–Crippen MR) is 49.0 cm³/mol. The van der Waals surface area contributed by atoms with Gasteiger partial charge in [-0.2, -0.15) is 0 Å².